The number of aryl methyl sites for hydroxylation is 2. The molecular formula is C22H26FN5O3. The molecule has 3 amide bonds. The third-order valence-corrected chi connectivity index (χ3v) is 5.52. The zero-order valence-corrected chi connectivity index (χ0v) is 17.8. The molecule has 0 radical (unpaired) electrons. The Balaban J connectivity index is 1.34. The van der Waals surface area contributed by atoms with Crippen LogP contribution in [-0.4, -0.2) is 70.5 Å². The number of hydrogen-bond donors (Lipinski definition) is 0. The summed E-state index contributed by atoms with van der Waals surface area (Å²) in [7, 11) is 0. The molecule has 1 atom stereocenters. The smallest absolute Gasteiger partial charge is 0.325 e. The largest absolute Gasteiger partial charge is 0.458 e. The molecule has 164 valence electrons. The molecule has 2 aliphatic heterocycles. The lowest BCUT2D eigenvalue weighted by atomic mass is 10.1. The summed E-state index contributed by atoms with van der Waals surface area (Å²) in [4.78, 5) is 39.1. The Morgan fingerprint density at radius 2 is 1.84 bits per heavy atom. The van der Waals surface area contributed by atoms with Crippen LogP contribution in [0.4, 0.5) is 14.9 Å². The van der Waals surface area contributed by atoms with Gasteiger partial charge in [0.1, 0.15) is 18.5 Å². The van der Waals surface area contributed by atoms with Crippen LogP contribution in [0.25, 0.3) is 0 Å². The summed E-state index contributed by atoms with van der Waals surface area (Å²) < 4.78 is 19.1. The van der Waals surface area contributed by atoms with E-state index in [1.807, 2.05) is 19.9 Å². The number of anilines is 1. The van der Waals surface area contributed by atoms with Crippen LogP contribution in [0.3, 0.4) is 0 Å². The summed E-state index contributed by atoms with van der Waals surface area (Å²) in [6.45, 7) is 5.79. The van der Waals surface area contributed by atoms with Gasteiger partial charge in [-0.1, -0.05) is 0 Å². The van der Waals surface area contributed by atoms with Crippen LogP contribution < -0.4 is 9.64 Å². The van der Waals surface area contributed by atoms with Crippen LogP contribution in [0.5, 0.6) is 6.01 Å². The normalized spacial score (nSPS) is 19.1. The molecule has 4 rings (SSSR count). The van der Waals surface area contributed by atoms with Gasteiger partial charge >= 0.3 is 12.0 Å². The van der Waals surface area contributed by atoms with Gasteiger partial charge in [0.15, 0.2) is 0 Å². The van der Waals surface area contributed by atoms with Crippen LogP contribution in [0, 0.1) is 19.7 Å². The van der Waals surface area contributed by atoms with Gasteiger partial charge in [0.25, 0.3) is 0 Å². The molecule has 2 saturated heterocycles. The lowest BCUT2D eigenvalue weighted by Crippen LogP contribution is -2.48. The van der Waals surface area contributed by atoms with Crippen LogP contribution >= 0.6 is 0 Å². The van der Waals surface area contributed by atoms with Crippen LogP contribution in [0.15, 0.2) is 30.3 Å². The van der Waals surface area contributed by atoms with Crippen molar-refractivity contribution < 1.29 is 18.7 Å². The Morgan fingerprint density at radius 1 is 1.13 bits per heavy atom. The van der Waals surface area contributed by atoms with Gasteiger partial charge < -0.3 is 14.5 Å². The molecule has 8 nitrogen and oxygen atoms in total. The monoisotopic (exact) mass is 427 g/mol. The number of carbonyl (C=O) groups is 2. The molecule has 0 saturated carbocycles. The fraction of sp³-hybridized carbons (Fsp3) is 0.455. The van der Waals surface area contributed by atoms with Crippen molar-refractivity contribution in [3.8, 4) is 6.01 Å². The van der Waals surface area contributed by atoms with E-state index in [1.165, 1.54) is 17.0 Å². The fourth-order valence-corrected chi connectivity index (χ4v) is 4.01. The van der Waals surface area contributed by atoms with Crippen LogP contribution in [0.1, 0.15) is 24.2 Å². The molecule has 0 N–H and O–H groups in total. The van der Waals surface area contributed by atoms with Crippen LogP contribution in [-0.2, 0) is 4.79 Å². The first-order chi connectivity index (χ1) is 14.9. The minimum absolute atomic E-state index is 0.0172. The fourth-order valence-electron chi connectivity index (χ4n) is 4.01. The van der Waals surface area contributed by atoms with Gasteiger partial charge in [0.2, 0.25) is 5.91 Å². The van der Waals surface area contributed by atoms with Gasteiger partial charge in [-0.15, -0.1) is 0 Å². The number of amides is 3. The summed E-state index contributed by atoms with van der Waals surface area (Å²) in [5.41, 5.74) is 2.30. The topological polar surface area (TPSA) is 78.9 Å². The maximum Gasteiger partial charge on any atom is 0.325 e. The first-order valence-corrected chi connectivity index (χ1v) is 10.5. The van der Waals surface area contributed by atoms with Gasteiger partial charge in [0.05, 0.1) is 6.54 Å². The molecule has 9 heteroatoms. The van der Waals surface area contributed by atoms with Crippen molar-refractivity contribution >= 4 is 17.6 Å². The van der Waals surface area contributed by atoms with Crippen molar-refractivity contribution in [2.24, 2.45) is 0 Å². The second kappa shape index (κ2) is 8.87. The Bertz CT molecular complexity index is 948. The first-order valence-electron chi connectivity index (χ1n) is 10.5. The number of nitrogens with zero attached hydrogens (tertiary/aromatic N) is 5. The van der Waals surface area contributed by atoms with Gasteiger partial charge in [0, 0.05) is 36.7 Å². The lowest BCUT2D eigenvalue weighted by molar-refractivity contribution is -0.134. The molecular weight excluding hydrogens is 401 g/mol. The van der Waals surface area contributed by atoms with Crippen molar-refractivity contribution in [3.63, 3.8) is 0 Å². The third kappa shape index (κ3) is 4.92. The highest BCUT2D eigenvalue weighted by molar-refractivity contribution is 5.96. The average Bonchev–Trinajstić information content (AvgIpc) is 3.08. The van der Waals surface area contributed by atoms with Crippen LogP contribution in [0.2, 0.25) is 0 Å². The van der Waals surface area contributed by atoms with E-state index in [-0.39, 0.29) is 30.4 Å². The van der Waals surface area contributed by atoms with E-state index in [4.69, 9.17) is 4.74 Å². The molecule has 1 aromatic heterocycles. The Kier molecular flexibility index (Phi) is 6.01. The van der Waals surface area contributed by atoms with Crippen molar-refractivity contribution in [3.05, 3.63) is 47.5 Å². The van der Waals surface area contributed by atoms with Gasteiger partial charge in [-0.3, -0.25) is 9.69 Å². The van der Waals surface area contributed by atoms with Crippen molar-refractivity contribution in [2.75, 3.05) is 37.6 Å². The average molecular weight is 427 g/mol. The van der Waals surface area contributed by atoms with Crippen molar-refractivity contribution in [1.29, 1.82) is 0 Å². The number of halogens is 1. The molecule has 31 heavy (non-hydrogen) atoms. The maximum atomic E-state index is 13.2. The number of carbonyl (C=O) groups excluding carboxylic acids is 2. The van der Waals surface area contributed by atoms with E-state index in [0.717, 1.165) is 24.2 Å². The minimum atomic E-state index is -0.351. The Labute approximate surface area is 180 Å². The second-order valence-corrected chi connectivity index (χ2v) is 7.99. The molecule has 0 bridgehead atoms. The molecule has 1 aromatic carbocycles. The molecule has 0 aliphatic carbocycles. The predicted octanol–water partition coefficient (Wildman–Crippen LogP) is 2.54. The summed E-state index contributed by atoms with van der Waals surface area (Å²) in [5.74, 6) is -0.459. The molecule has 3 heterocycles. The van der Waals surface area contributed by atoms with E-state index in [2.05, 4.69) is 9.97 Å². The molecule has 0 spiro atoms. The number of hydrogen-bond acceptors (Lipinski definition) is 5. The first kappa shape index (κ1) is 21.0. The zero-order valence-electron chi connectivity index (χ0n) is 17.8. The molecule has 2 fully saturated rings. The van der Waals surface area contributed by atoms with E-state index < -0.39 is 0 Å². The van der Waals surface area contributed by atoms with Gasteiger partial charge in [-0.05, 0) is 57.0 Å². The molecule has 2 aliphatic rings. The Morgan fingerprint density at radius 3 is 2.55 bits per heavy atom. The predicted molar refractivity (Wildman–Crippen MR) is 112 cm³/mol. The van der Waals surface area contributed by atoms with E-state index in [1.54, 1.807) is 21.9 Å². The third-order valence-electron chi connectivity index (χ3n) is 5.52. The highest BCUT2D eigenvalue weighted by Crippen LogP contribution is 2.21. The lowest BCUT2D eigenvalue weighted by Gasteiger charge is -2.33. The summed E-state index contributed by atoms with van der Waals surface area (Å²) in [6, 6.07) is 7.76. The minimum Gasteiger partial charge on any atom is -0.458 e. The number of likely N-dealkylation sites (tertiary alicyclic amines) is 1. The summed E-state index contributed by atoms with van der Waals surface area (Å²) >= 11 is 0. The number of piperidine rings is 1. The number of rotatable bonds is 5. The zero-order chi connectivity index (χ0) is 22.0. The van der Waals surface area contributed by atoms with Crippen molar-refractivity contribution in [2.45, 2.75) is 32.8 Å². The highest BCUT2D eigenvalue weighted by Gasteiger charge is 2.33. The Hall–Kier alpha value is -3.23. The standard InChI is InChI=1S/C22H26FN5O3/c1-15-12-16(2)25-21(24-15)31-19-4-3-9-26(13-19)20(29)14-27-10-11-28(22(27)30)18-7-5-17(23)6-8-18/h5-8,12,19H,3-4,9-11,13-14H2,1-2H3. The molecule has 2 aromatic rings. The number of aromatic nitrogens is 2. The van der Waals surface area contributed by atoms with E-state index >= 15 is 0 Å². The molecule has 1 unspecified atom stereocenters. The van der Waals surface area contributed by atoms with Crippen molar-refractivity contribution in [1.82, 2.24) is 19.8 Å². The van der Waals surface area contributed by atoms with E-state index in [0.29, 0.717) is 37.9 Å². The summed E-state index contributed by atoms with van der Waals surface area (Å²) in [6.07, 6.45) is 1.46. The summed E-state index contributed by atoms with van der Waals surface area (Å²) in [5, 5.41) is 0. The number of benzene rings is 1. The quantitative estimate of drug-likeness (QED) is 0.733. The second-order valence-electron chi connectivity index (χ2n) is 7.99. The van der Waals surface area contributed by atoms with Gasteiger partial charge in [-0.25, -0.2) is 19.2 Å². The SMILES string of the molecule is Cc1cc(C)nc(OC2CCCN(C(=O)CN3CCN(c4ccc(F)cc4)C3=O)C2)n1. The number of ether oxygens (including phenoxy) is 1. The van der Waals surface area contributed by atoms with Gasteiger partial charge in [-0.2, -0.15) is 0 Å². The number of urea groups is 1. The van der Waals surface area contributed by atoms with E-state index in [9.17, 15) is 14.0 Å². The maximum absolute atomic E-state index is 13.2. The highest BCUT2D eigenvalue weighted by atomic mass is 19.1.